The Morgan fingerprint density at radius 2 is 1.53 bits per heavy atom. The minimum Gasteiger partial charge on any atom is -0.0801 e. The highest BCUT2D eigenvalue weighted by Gasteiger charge is 2.08. The van der Waals surface area contributed by atoms with Crippen LogP contribution in [0.2, 0.25) is 0 Å². The molecule has 0 aliphatic heterocycles. The van der Waals surface area contributed by atoms with Gasteiger partial charge in [-0.3, -0.25) is 0 Å². The van der Waals surface area contributed by atoms with Crippen LogP contribution in [-0.2, 0) is 0 Å². The molecule has 4 rings (SSSR count). The highest BCUT2D eigenvalue weighted by molar-refractivity contribution is 6.03. The lowest BCUT2D eigenvalue weighted by Gasteiger charge is -2.09. The van der Waals surface area contributed by atoms with Gasteiger partial charge in [0.25, 0.3) is 0 Å². The van der Waals surface area contributed by atoms with Crippen molar-refractivity contribution in [3.63, 3.8) is 0 Å². The Bertz CT molecular complexity index is 835. The smallest absolute Gasteiger partial charge is 0.00882 e. The number of fused-ring (bicyclic) bond motifs is 2. The van der Waals surface area contributed by atoms with Crippen LogP contribution in [0.1, 0.15) is 12.0 Å². The fraction of sp³-hybridized carbons (Fsp3) is 0.0526. The van der Waals surface area contributed by atoms with Crippen LogP contribution in [0, 0.1) is 0 Å². The Balaban J connectivity index is 2.06. The maximum atomic E-state index is 2.32. The van der Waals surface area contributed by atoms with Crippen molar-refractivity contribution in [3.05, 3.63) is 78.4 Å². The normalized spacial score (nSPS) is 14.2. The van der Waals surface area contributed by atoms with Gasteiger partial charge in [-0.1, -0.05) is 60.7 Å². The number of hydrogen-bond donors (Lipinski definition) is 0. The zero-order valence-electron chi connectivity index (χ0n) is 10.6. The predicted molar refractivity (Wildman–Crippen MR) is 83.2 cm³/mol. The number of rotatable bonds is 1. The SMILES string of the molecule is C1=CCC(c2cccc3cc4ccccc4cc23)=C1. The first-order valence-corrected chi connectivity index (χ1v) is 6.69. The third-order valence-electron chi connectivity index (χ3n) is 3.86. The van der Waals surface area contributed by atoms with E-state index in [2.05, 4.69) is 72.8 Å². The Morgan fingerprint density at radius 3 is 2.32 bits per heavy atom. The fourth-order valence-electron chi connectivity index (χ4n) is 2.89. The van der Waals surface area contributed by atoms with Crippen molar-refractivity contribution in [3.8, 4) is 0 Å². The zero-order chi connectivity index (χ0) is 12.7. The van der Waals surface area contributed by atoms with E-state index in [1.165, 1.54) is 32.7 Å². The fourth-order valence-corrected chi connectivity index (χ4v) is 2.89. The summed E-state index contributed by atoms with van der Waals surface area (Å²) in [6, 6.07) is 19.8. The Kier molecular flexibility index (Phi) is 2.28. The van der Waals surface area contributed by atoms with Crippen LogP contribution < -0.4 is 0 Å². The highest BCUT2D eigenvalue weighted by atomic mass is 14.1. The van der Waals surface area contributed by atoms with Gasteiger partial charge in [-0.05, 0) is 51.2 Å². The van der Waals surface area contributed by atoms with Gasteiger partial charge in [0, 0.05) is 0 Å². The van der Waals surface area contributed by atoms with Crippen molar-refractivity contribution < 1.29 is 0 Å². The van der Waals surface area contributed by atoms with Crippen LogP contribution in [0.4, 0.5) is 0 Å². The lowest BCUT2D eigenvalue weighted by molar-refractivity contribution is 1.45. The molecular formula is C19H14. The summed E-state index contributed by atoms with van der Waals surface area (Å²) in [5.41, 5.74) is 2.79. The Hall–Kier alpha value is -2.34. The molecule has 0 heterocycles. The van der Waals surface area contributed by atoms with Crippen molar-refractivity contribution in [2.45, 2.75) is 6.42 Å². The third kappa shape index (κ3) is 1.68. The van der Waals surface area contributed by atoms with E-state index in [9.17, 15) is 0 Å². The van der Waals surface area contributed by atoms with E-state index in [0.29, 0.717) is 0 Å². The summed E-state index contributed by atoms with van der Waals surface area (Å²) in [7, 11) is 0. The molecule has 0 bridgehead atoms. The van der Waals surface area contributed by atoms with Gasteiger partial charge in [0.15, 0.2) is 0 Å². The van der Waals surface area contributed by atoms with Gasteiger partial charge in [0.05, 0.1) is 0 Å². The van der Waals surface area contributed by atoms with Crippen molar-refractivity contribution in [2.24, 2.45) is 0 Å². The van der Waals surface area contributed by atoms with Crippen LogP contribution in [0.25, 0.3) is 27.1 Å². The summed E-state index contributed by atoms with van der Waals surface area (Å²) in [5.74, 6) is 0. The molecule has 3 aromatic carbocycles. The van der Waals surface area contributed by atoms with Gasteiger partial charge < -0.3 is 0 Å². The third-order valence-corrected chi connectivity index (χ3v) is 3.86. The number of benzene rings is 3. The summed E-state index contributed by atoms with van der Waals surface area (Å²) in [6.45, 7) is 0. The van der Waals surface area contributed by atoms with E-state index < -0.39 is 0 Å². The Morgan fingerprint density at radius 1 is 0.737 bits per heavy atom. The first-order chi connectivity index (χ1) is 9.42. The Labute approximate surface area is 112 Å². The summed E-state index contributed by atoms with van der Waals surface area (Å²) < 4.78 is 0. The summed E-state index contributed by atoms with van der Waals surface area (Å²) in [5, 5.41) is 5.31. The monoisotopic (exact) mass is 242 g/mol. The van der Waals surface area contributed by atoms with Crippen molar-refractivity contribution in [2.75, 3.05) is 0 Å². The molecule has 0 amide bonds. The molecule has 0 N–H and O–H groups in total. The summed E-state index contributed by atoms with van der Waals surface area (Å²) >= 11 is 0. The van der Waals surface area contributed by atoms with Crippen LogP contribution >= 0.6 is 0 Å². The molecule has 0 nitrogen and oxygen atoms in total. The second kappa shape index (κ2) is 4.10. The highest BCUT2D eigenvalue weighted by Crippen LogP contribution is 2.32. The largest absolute Gasteiger partial charge is 0.0801 e. The minimum atomic E-state index is 1.05. The summed E-state index contributed by atoms with van der Waals surface area (Å²) in [4.78, 5) is 0. The first kappa shape index (κ1) is 10.6. The molecule has 19 heavy (non-hydrogen) atoms. The molecular weight excluding hydrogens is 228 g/mol. The van der Waals surface area contributed by atoms with E-state index in [-0.39, 0.29) is 0 Å². The standard InChI is InChI=1S/C19H14/c1-2-7-14(6-1)18-11-5-10-17-12-15-8-3-4-9-16(15)13-19(17)18/h1-6,8-13H,7H2. The second-order valence-corrected chi connectivity index (χ2v) is 5.05. The molecule has 0 spiro atoms. The van der Waals surface area contributed by atoms with Crippen LogP contribution in [0.5, 0.6) is 0 Å². The lowest BCUT2D eigenvalue weighted by atomic mass is 9.95. The van der Waals surface area contributed by atoms with E-state index >= 15 is 0 Å². The molecule has 90 valence electrons. The van der Waals surface area contributed by atoms with Crippen LogP contribution in [0.3, 0.4) is 0 Å². The predicted octanol–water partition coefficient (Wildman–Crippen LogP) is 5.34. The van der Waals surface area contributed by atoms with Crippen molar-refractivity contribution >= 4 is 27.1 Å². The second-order valence-electron chi connectivity index (χ2n) is 5.05. The van der Waals surface area contributed by atoms with Crippen LogP contribution in [0.15, 0.2) is 72.8 Å². The van der Waals surface area contributed by atoms with Gasteiger partial charge in [0.2, 0.25) is 0 Å². The molecule has 0 fully saturated rings. The number of hydrogen-bond acceptors (Lipinski definition) is 0. The average Bonchev–Trinajstić information content (AvgIpc) is 2.98. The van der Waals surface area contributed by atoms with Crippen LogP contribution in [-0.4, -0.2) is 0 Å². The molecule has 0 unspecified atom stereocenters. The average molecular weight is 242 g/mol. The minimum absolute atomic E-state index is 1.05. The van der Waals surface area contributed by atoms with Gasteiger partial charge in [-0.15, -0.1) is 0 Å². The number of allylic oxidation sites excluding steroid dienone is 4. The van der Waals surface area contributed by atoms with E-state index in [1.807, 2.05) is 0 Å². The topological polar surface area (TPSA) is 0 Å². The maximum Gasteiger partial charge on any atom is -0.00882 e. The van der Waals surface area contributed by atoms with E-state index in [1.54, 1.807) is 0 Å². The maximum absolute atomic E-state index is 2.32. The van der Waals surface area contributed by atoms with Gasteiger partial charge >= 0.3 is 0 Å². The van der Waals surface area contributed by atoms with E-state index in [0.717, 1.165) is 6.42 Å². The van der Waals surface area contributed by atoms with Gasteiger partial charge in [0.1, 0.15) is 0 Å². The lowest BCUT2D eigenvalue weighted by Crippen LogP contribution is -1.85. The molecule has 0 atom stereocenters. The van der Waals surface area contributed by atoms with Crippen molar-refractivity contribution in [1.29, 1.82) is 0 Å². The quantitative estimate of drug-likeness (QED) is 0.505. The summed E-state index contributed by atoms with van der Waals surface area (Å²) in [6.07, 6.45) is 7.64. The van der Waals surface area contributed by atoms with Gasteiger partial charge in [-0.2, -0.15) is 0 Å². The van der Waals surface area contributed by atoms with Crippen molar-refractivity contribution in [1.82, 2.24) is 0 Å². The molecule has 1 aliphatic carbocycles. The first-order valence-electron chi connectivity index (χ1n) is 6.69. The van der Waals surface area contributed by atoms with Gasteiger partial charge in [-0.25, -0.2) is 0 Å². The molecule has 0 heteroatoms. The molecule has 0 aromatic heterocycles. The molecule has 1 aliphatic rings. The zero-order valence-corrected chi connectivity index (χ0v) is 10.6. The molecule has 0 saturated carbocycles. The van der Waals surface area contributed by atoms with E-state index in [4.69, 9.17) is 0 Å². The molecule has 0 radical (unpaired) electrons. The molecule has 3 aromatic rings. The molecule has 0 saturated heterocycles.